The van der Waals surface area contributed by atoms with Crippen molar-refractivity contribution in [2.45, 2.75) is 20.0 Å². The molecule has 0 saturated carbocycles. The number of hydrogen-bond donors (Lipinski definition) is 0. The summed E-state index contributed by atoms with van der Waals surface area (Å²) < 4.78 is 2.13. The van der Waals surface area contributed by atoms with Gasteiger partial charge < -0.3 is 0 Å². The maximum atomic E-state index is 4.54. The second-order valence-electron chi connectivity index (χ2n) is 6.30. The number of nitrogens with zero attached hydrogens (tertiary/aromatic N) is 4. The largest absolute Gasteiger partial charge is 0.299 e. The van der Waals surface area contributed by atoms with Crippen LogP contribution in [-0.2, 0) is 13.1 Å². The highest BCUT2D eigenvalue weighted by Crippen LogP contribution is 2.19. The van der Waals surface area contributed by atoms with Gasteiger partial charge in [-0.25, -0.2) is 9.97 Å². The van der Waals surface area contributed by atoms with Gasteiger partial charge in [0.25, 0.3) is 0 Å². The lowest BCUT2D eigenvalue weighted by atomic mass is 10.2. The molecule has 0 atom stereocenters. The van der Waals surface area contributed by atoms with Crippen molar-refractivity contribution in [2.75, 3.05) is 7.05 Å². The van der Waals surface area contributed by atoms with Crippen LogP contribution < -0.4 is 0 Å². The summed E-state index contributed by atoms with van der Waals surface area (Å²) >= 11 is 1.71. The molecule has 4 aromatic rings. The molecule has 2 aromatic carbocycles. The summed E-state index contributed by atoms with van der Waals surface area (Å²) in [5.41, 5.74) is 5.72. The molecule has 0 saturated heterocycles. The van der Waals surface area contributed by atoms with Crippen LogP contribution in [0.1, 0.15) is 16.3 Å². The van der Waals surface area contributed by atoms with Crippen LogP contribution in [0.3, 0.4) is 0 Å². The van der Waals surface area contributed by atoms with E-state index in [1.54, 1.807) is 11.3 Å². The van der Waals surface area contributed by atoms with Gasteiger partial charge in [-0.05, 0) is 43.8 Å². The fourth-order valence-corrected chi connectivity index (χ4v) is 3.66. The molecule has 0 radical (unpaired) electrons. The highest BCUT2D eigenvalue weighted by molar-refractivity contribution is 7.09. The van der Waals surface area contributed by atoms with Crippen molar-refractivity contribution in [3.63, 3.8) is 0 Å². The second kappa shape index (κ2) is 6.78. The van der Waals surface area contributed by atoms with Gasteiger partial charge in [-0.1, -0.05) is 24.3 Å². The predicted octanol–water partition coefficient (Wildman–Crippen LogP) is 4.42. The number of fused-ring (bicyclic) bond motifs is 1. The molecule has 0 N–H and O–H groups in total. The van der Waals surface area contributed by atoms with E-state index >= 15 is 0 Å². The molecule has 4 rings (SSSR count). The minimum atomic E-state index is 0.873. The summed E-state index contributed by atoms with van der Waals surface area (Å²) in [6.45, 7) is 3.83. The van der Waals surface area contributed by atoms with Crippen LogP contribution in [0.25, 0.3) is 16.7 Å². The van der Waals surface area contributed by atoms with E-state index in [0.29, 0.717) is 0 Å². The highest BCUT2D eigenvalue weighted by Gasteiger charge is 2.06. The van der Waals surface area contributed by atoms with Crippen molar-refractivity contribution in [3.8, 4) is 5.69 Å². The third-order valence-electron chi connectivity index (χ3n) is 4.22. The maximum absolute atomic E-state index is 4.54. The monoisotopic (exact) mass is 348 g/mol. The molecule has 0 amide bonds. The van der Waals surface area contributed by atoms with Gasteiger partial charge in [-0.2, -0.15) is 0 Å². The van der Waals surface area contributed by atoms with Crippen LogP contribution >= 0.6 is 11.3 Å². The van der Waals surface area contributed by atoms with E-state index in [-0.39, 0.29) is 0 Å². The number of thiazole rings is 1. The van der Waals surface area contributed by atoms with Crippen LogP contribution in [0, 0.1) is 6.92 Å². The molecule has 5 heteroatoms. The van der Waals surface area contributed by atoms with Gasteiger partial charge in [-0.3, -0.25) is 9.47 Å². The smallest absolute Gasteiger partial charge is 0.100 e. The van der Waals surface area contributed by atoms with Crippen molar-refractivity contribution >= 4 is 22.4 Å². The Hall–Kier alpha value is -2.50. The zero-order chi connectivity index (χ0) is 17.2. The highest BCUT2D eigenvalue weighted by atomic mass is 32.1. The Bertz CT molecular complexity index is 984. The SMILES string of the molecule is Cc1nc(CN(C)Cc2ccc(-n3cnc4ccccc43)cc2)cs1. The van der Waals surface area contributed by atoms with Crippen molar-refractivity contribution in [3.05, 3.63) is 76.5 Å². The summed E-state index contributed by atoms with van der Waals surface area (Å²) in [7, 11) is 2.13. The fraction of sp³-hybridized carbons (Fsp3) is 0.200. The summed E-state index contributed by atoms with van der Waals surface area (Å²) in [5, 5.41) is 3.26. The average Bonchev–Trinajstić information content (AvgIpc) is 3.22. The normalized spacial score (nSPS) is 11.5. The Kier molecular flexibility index (Phi) is 4.34. The molecular formula is C20H20N4S. The second-order valence-corrected chi connectivity index (χ2v) is 7.36. The minimum absolute atomic E-state index is 0.873. The van der Waals surface area contributed by atoms with E-state index in [2.05, 4.69) is 62.2 Å². The zero-order valence-corrected chi connectivity index (χ0v) is 15.2. The first-order valence-corrected chi connectivity index (χ1v) is 9.18. The molecule has 0 unspecified atom stereocenters. The number of para-hydroxylation sites is 2. The van der Waals surface area contributed by atoms with Gasteiger partial charge in [-0.15, -0.1) is 11.3 Å². The van der Waals surface area contributed by atoms with Gasteiger partial charge in [0.2, 0.25) is 0 Å². The Balaban J connectivity index is 1.48. The molecule has 0 spiro atoms. The van der Waals surface area contributed by atoms with E-state index in [1.807, 2.05) is 31.5 Å². The van der Waals surface area contributed by atoms with Crippen LogP contribution in [0.5, 0.6) is 0 Å². The van der Waals surface area contributed by atoms with Gasteiger partial charge in [0, 0.05) is 24.2 Å². The quantitative estimate of drug-likeness (QED) is 0.535. The maximum Gasteiger partial charge on any atom is 0.100 e. The molecule has 126 valence electrons. The summed E-state index contributed by atoms with van der Waals surface area (Å²) in [4.78, 5) is 11.3. The van der Waals surface area contributed by atoms with Gasteiger partial charge >= 0.3 is 0 Å². The lowest BCUT2D eigenvalue weighted by Crippen LogP contribution is -2.17. The molecule has 0 bridgehead atoms. The van der Waals surface area contributed by atoms with Crippen LogP contribution in [-0.4, -0.2) is 26.5 Å². The topological polar surface area (TPSA) is 34.0 Å². The van der Waals surface area contributed by atoms with Crippen molar-refractivity contribution in [2.24, 2.45) is 0 Å². The Morgan fingerprint density at radius 1 is 1.04 bits per heavy atom. The molecule has 2 aromatic heterocycles. The molecule has 0 aliphatic carbocycles. The van der Waals surface area contributed by atoms with E-state index in [9.17, 15) is 0 Å². The molecule has 25 heavy (non-hydrogen) atoms. The number of aryl methyl sites for hydroxylation is 1. The first-order chi connectivity index (χ1) is 12.2. The summed E-state index contributed by atoms with van der Waals surface area (Å²) in [6, 6.07) is 16.9. The summed E-state index contributed by atoms with van der Waals surface area (Å²) in [5.74, 6) is 0. The number of rotatable bonds is 5. The van der Waals surface area contributed by atoms with E-state index in [1.165, 1.54) is 5.56 Å². The van der Waals surface area contributed by atoms with Crippen molar-refractivity contribution in [1.29, 1.82) is 0 Å². The van der Waals surface area contributed by atoms with E-state index < -0.39 is 0 Å². The predicted molar refractivity (Wildman–Crippen MR) is 103 cm³/mol. The minimum Gasteiger partial charge on any atom is -0.299 e. The molecule has 0 fully saturated rings. The number of imidazole rings is 1. The van der Waals surface area contributed by atoms with Gasteiger partial charge in [0.15, 0.2) is 0 Å². The van der Waals surface area contributed by atoms with Crippen molar-refractivity contribution < 1.29 is 0 Å². The van der Waals surface area contributed by atoms with Crippen LogP contribution in [0.2, 0.25) is 0 Å². The first kappa shape index (κ1) is 16.0. The van der Waals surface area contributed by atoms with Crippen molar-refractivity contribution in [1.82, 2.24) is 19.4 Å². The molecule has 0 aliphatic rings. The lowest BCUT2D eigenvalue weighted by Gasteiger charge is -2.15. The molecular weight excluding hydrogens is 328 g/mol. The standard InChI is InChI=1S/C20H20N4S/c1-15-22-17(13-25-15)12-23(2)11-16-7-9-18(10-8-16)24-14-21-19-5-3-4-6-20(19)24/h3-10,13-14H,11-12H2,1-2H3. The molecule has 0 aliphatic heterocycles. The van der Waals surface area contributed by atoms with Gasteiger partial charge in [0.1, 0.15) is 6.33 Å². The fourth-order valence-electron chi connectivity index (χ4n) is 3.05. The van der Waals surface area contributed by atoms with Crippen LogP contribution in [0.4, 0.5) is 0 Å². The average molecular weight is 348 g/mol. The first-order valence-electron chi connectivity index (χ1n) is 8.30. The number of benzene rings is 2. The van der Waals surface area contributed by atoms with Crippen LogP contribution in [0.15, 0.2) is 60.2 Å². The van der Waals surface area contributed by atoms with E-state index in [0.717, 1.165) is 40.5 Å². The Morgan fingerprint density at radius 2 is 1.84 bits per heavy atom. The number of hydrogen-bond acceptors (Lipinski definition) is 4. The number of aromatic nitrogens is 3. The van der Waals surface area contributed by atoms with Gasteiger partial charge in [0.05, 0.1) is 21.7 Å². The van der Waals surface area contributed by atoms with E-state index in [4.69, 9.17) is 0 Å². The Morgan fingerprint density at radius 3 is 2.60 bits per heavy atom. The summed E-state index contributed by atoms with van der Waals surface area (Å²) in [6.07, 6.45) is 1.89. The molecule has 2 heterocycles. The third-order valence-corrected chi connectivity index (χ3v) is 5.04. The Labute approximate surface area is 151 Å². The lowest BCUT2D eigenvalue weighted by molar-refractivity contribution is 0.315. The molecule has 4 nitrogen and oxygen atoms in total. The third kappa shape index (κ3) is 3.48. The zero-order valence-electron chi connectivity index (χ0n) is 14.4.